The molecule has 0 aliphatic heterocycles. The van der Waals surface area contributed by atoms with Gasteiger partial charge in [0.05, 0.1) is 9.75 Å². The number of fused-ring (bicyclic) bond motifs is 2. The Morgan fingerprint density at radius 2 is 1.07 bits per heavy atom. The van der Waals surface area contributed by atoms with E-state index in [2.05, 4.69) is 10.6 Å². The lowest BCUT2D eigenvalue weighted by atomic mass is 9.91. The van der Waals surface area contributed by atoms with E-state index in [1.807, 2.05) is 60.7 Å². The molecule has 1 saturated carbocycles. The SMILES string of the molecule is O=C(NC1CCC(NC(=O)c2cc3ccccc3s2)CC1)c1cc2ccccc2s1. The molecule has 30 heavy (non-hydrogen) atoms. The minimum absolute atomic E-state index is 0.00830. The van der Waals surface area contributed by atoms with Crippen LogP contribution in [-0.2, 0) is 0 Å². The molecular weight excluding hydrogens is 412 g/mol. The van der Waals surface area contributed by atoms with Gasteiger partial charge in [-0.25, -0.2) is 0 Å². The third-order valence-electron chi connectivity index (χ3n) is 5.70. The van der Waals surface area contributed by atoms with Crippen molar-refractivity contribution in [1.82, 2.24) is 10.6 Å². The van der Waals surface area contributed by atoms with Crippen LogP contribution in [0.2, 0.25) is 0 Å². The first kappa shape index (κ1) is 19.3. The van der Waals surface area contributed by atoms with Crippen molar-refractivity contribution < 1.29 is 9.59 Å². The van der Waals surface area contributed by atoms with Crippen LogP contribution in [0.15, 0.2) is 60.7 Å². The number of carbonyl (C=O) groups excluding carboxylic acids is 2. The summed E-state index contributed by atoms with van der Waals surface area (Å²) in [7, 11) is 0. The fourth-order valence-corrected chi connectivity index (χ4v) is 6.01. The largest absolute Gasteiger partial charge is 0.349 e. The first-order chi connectivity index (χ1) is 14.7. The summed E-state index contributed by atoms with van der Waals surface area (Å²) in [4.78, 5) is 26.8. The molecule has 0 bridgehead atoms. The summed E-state index contributed by atoms with van der Waals surface area (Å²) in [5.41, 5.74) is 0. The number of hydrogen-bond donors (Lipinski definition) is 2. The first-order valence-corrected chi connectivity index (χ1v) is 11.9. The molecule has 1 aliphatic rings. The molecule has 0 unspecified atom stereocenters. The summed E-state index contributed by atoms with van der Waals surface area (Å²) in [5.74, 6) is 0.0166. The highest BCUT2D eigenvalue weighted by Crippen LogP contribution is 2.27. The average Bonchev–Trinajstić information content (AvgIpc) is 3.39. The Morgan fingerprint density at radius 1 is 0.667 bits per heavy atom. The van der Waals surface area contributed by atoms with Gasteiger partial charge in [-0.3, -0.25) is 9.59 Å². The van der Waals surface area contributed by atoms with Gasteiger partial charge in [0, 0.05) is 21.5 Å². The predicted molar refractivity (Wildman–Crippen MR) is 125 cm³/mol. The molecule has 2 aromatic heterocycles. The van der Waals surface area contributed by atoms with E-state index in [4.69, 9.17) is 0 Å². The lowest BCUT2D eigenvalue weighted by Gasteiger charge is -2.29. The molecule has 1 aliphatic carbocycles. The maximum atomic E-state index is 12.6. The third kappa shape index (κ3) is 3.98. The van der Waals surface area contributed by atoms with Crippen molar-refractivity contribution in [1.29, 1.82) is 0 Å². The van der Waals surface area contributed by atoms with Crippen LogP contribution in [0, 0.1) is 0 Å². The zero-order valence-corrected chi connectivity index (χ0v) is 18.0. The molecule has 6 heteroatoms. The molecule has 4 aromatic rings. The maximum absolute atomic E-state index is 12.6. The molecule has 152 valence electrons. The Kier molecular flexibility index (Phi) is 5.27. The quantitative estimate of drug-likeness (QED) is 0.440. The summed E-state index contributed by atoms with van der Waals surface area (Å²) < 4.78 is 2.27. The highest BCUT2D eigenvalue weighted by molar-refractivity contribution is 7.21. The number of amides is 2. The van der Waals surface area contributed by atoms with Crippen molar-refractivity contribution in [2.45, 2.75) is 37.8 Å². The number of hydrogen-bond acceptors (Lipinski definition) is 4. The number of benzene rings is 2. The number of carbonyl (C=O) groups is 2. The van der Waals surface area contributed by atoms with E-state index in [9.17, 15) is 9.59 Å². The van der Waals surface area contributed by atoms with Gasteiger partial charge in [-0.2, -0.15) is 0 Å². The van der Waals surface area contributed by atoms with Gasteiger partial charge >= 0.3 is 0 Å². The minimum Gasteiger partial charge on any atom is -0.349 e. The lowest BCUT2D eigenvalue weighted by molar-refractivity contribution is 0.0896. The van der Waals surface area contributed by atoms with Crippen LogP contribution in [0.4, 0.5) is 0 Å². The van der Waals surface area contributed by atoms with E-state index >= 15 is 0 Å². The zero-order valence-electron chi connectivity index (χ0n) is 16.4. The second-order valence-corrected chi connectivity index (χ2v) is 9.96. The van der Waals surface area contributed by atoms with Crippen molar-refractivity contribution >= 4 is 54.7 Å². The Morgan fingerprint density at radius 3 is 1.47 bits per heavy atom. The van der Waals surface area contributed by atoms with Crippen LogP contribution in [0.5, 0.6) is 0 Å². The molecule has 4 nitrogen and oxygen atoms in total. The minimum atomic E-state index is 0.00830. The molecule has 2 amide bonds. The van der Waals surface area contributed by atoms with Crippen molar-refractivity contribution in [3.05, 3.63) is 70.4 Å². The van der Waals surface area contributed by atoms with E-state index in [0.717, 1.165) is 55.6 Å². The molecule has 1 fully saturated rings. The van der Waals surface area contributed by atoms with Gasteiger partial charge in [-0.05, 0) is 60.7 Å². The molecule has 5 rings (SSSR count). The van der Waals surface area contributed by atoms with Crippen LogP contribution < -0.4 is 10.6 Å². The standard InChI is InChI=1S/C24H22N2O2S2/c27-23(21-13-15-5-1-3-7-19(15)29-21)25-17-9-11-18(12-10-17)26-24(28)22-14-16-6-2-4-8-20(16)30-22/h1-8,13-14,17-18H,9-12H2,(H,25,27)(H,26,28). The molecule has 0 atom stereocenters. The molecule has 2 heterocycles. The van der Waals surface area contributed by atoms with E-state index in [0.29, 0.717) is 0 Å². The summed E-state index contributed by atoms with van der Waals surface area (Å²) in [5, 5.41) is 8.58. The smallest absolute Gasteiger partial charge is 0.261 e. The van der Waals surface area contributed by atoms with Crippen molar-refractivity contribution in [2.24, 2.45) is 0 Å². The van der Waals surface area contributed by atoms with Crippen molar-refractivity contribution in [3.63, 3.8) is 0 Å². The molecule has 2 N–H and O–H groups in total. The van der Waals surface area contributed by atoms with E-state index < -0.39 is 0 Å². The van der Waals surface area contributed by atoms with Gasteiger partial charge in [-0.1, -0.05) is 36.4 Å². The molecule has 0 radical (unpaired) electrons. The Labute approximate surface area is 182 Å². The van der Waals surface area contributed by atoms with E-state index in [-0.39, 0.29) is 23.9 Å². The number of rotatable bonds is 4. The van der Waals surface area contributed by atoms with Crippen LogP contribution >= 0.6 is 22.7 Å². The van der Waals surface area contributed by atoms with Gasteiger partial charge in [-0.15, -0.1) is 22.7 Å². The third-order valence-corrected chi connectivity index (χ3v) is 7.93. The monoisotopic (exact) mass is 434 g/mol. The van der Waals surface area contributed by atoms with Crippen LogP contribution in [0.1, 0.15) is 45.0 Å². The summed E-state index contributed by atoms with van der Waals surface area (Å²) in [6.07, 6.45) is 3.53. The molecule has 2 aromatic carbocycles. The Bertz CT molecular complexity index is 1060. The van der Waals surface area contributed by atoms with Gasteiger partial charge < -0.3 is 10.6 Å². The van der Waals surface area contributed by atoms with Gasteiger partial charge in [0.1, 0.15) is 0 Å². The average molecular weight is 435 g/mol. The van der Waals surface area contributed by atoms with Crippen molar-refractivity contribution in [2.75, 3.05) is 0 Å². The fraction of sp³-hybridized carbons (Fsp3) is 0.250. The molecule has 0 saturated heterocycles. The zero-order chi connectivity index (χ0) is 20.5. The molecular formula is C24H22N2O2S2. The van der Waals surface area contributed by atoms with E-state index in [1.54, 1.807) is 0 Å². The Hall–Kier alpha value is -2.70. The second kappa shape index (κ2) is 8.20. The lowest BCUT2D eigenvalue weighted by Crippen LogP contribution is -2.43. The van der Waals surface area contributed by atoms with Crippen molar-refractivity contribution in [3.8, 4) is 0 Å². The Balaban J connectivity index is 1.15. The fourth-order valence-electron chi connectivity index (χ4n) is 4.08. The van der Waals surface area contributed by atoms with Gasteiger partial charge in [0.15, 0.2) is 0 Å². The maximum Gasteiger partial charge on any atom is 0.261 e. The van der Waals surface area contributed by atoms with E-state index in [1.165, 1.54) is 22.7 Å². The summed E-state index contributed by atoms with van der Waals surface area (Å²) in [6.45, 7) is 0. The normalized spacial score (nSPS) is 19.1. The summed E-state index contributed by atoms with van der Waals surface area (Å²) >= 11 is 3.07. The number of nitrogens with one attached hydrogen (secondary N) is 2. The number of thiophene rings is 2. The summed E-state index contributed by atoms with van der Waals surface area (Å²) in [6, 6.07) is 20.4. The topological polar surface area (TPSA) is 58.2 Å². The van der Waals surface area contributed by atoms with Gasteiger partial charge in [0.25, 0.3) is 11.8 Å². The predicted octanol–water partition coefficient (Wildman–Crippen LogP) is 5.59. The highest BCUT2D eigenvalue weighted by Gasteiger charge is 2.25. The van der Waals surface area contributed by atoms with Gasteiger partial charge in [0.2, 0.25) is 0 Å². The van der Waals surface area contributed by atoms with Crippen LogP contribution in [0.25, 0.3) is 20.2 Å². The second-order valence-electron chi connectivity index (χ2n) is 7.79. The highest BCUT2D eigenvalue weighted by atomic mass is 32.1. The molecule has 0 spiro atoms. The first-order valence-electron chi connectivity index (χ1n) is 10.2. The van der Waals surface area contributed by atoms with Crippen LogP contribution in [-0.4, -0.2) is 23.9 Å². The van der Waals surface area contributed by atoms with Crippen LogP contribution in [0.3, 0.4) is 0 Å².